The lowest BCUT2D eigenvalue weighted by atomic mass is 9.90. The number of nitrogens with zero attached hydrogens (tertiary/aromatic N) is 3. The second-order valence-corrected chi connectivity index (χ2v) is 5.67. The molecule has 6 nitrogen and oxygen atoms in total. The van der Waals surface area contributed by atoms with E-state index in [0.717, 1.165) is 25.9 Å². The van der Waals surface area contributed by atoms with Gasteiger partial charge in [0.05, 0.1) is 9.40 Å². The summed E-state index contributed by atoms with van der Waals surface area (Å²) in [6.45, 7) is 3.59. The number of nitrogens with two attached hydrogens (primary N) is 1. The lowest BCUT2D eigenvalue weighted by Crippen LogP contribution is -2.47. The van der Waals surface area contributed by atoms with Crippen molar-refractivity contribution in [2.45, 2.75) is 25.8 Å². The van der Waals surface area contributed by atoms with E-state index in [2.05, 4.69) is 27.8 Å². The zero-order chi connectivity index (χ0) is 14.0. The number of rotatable bonds is 3. The summed E-state index contributed by atoms with van der Waals surface area (Å²) in [6.07, 6.45) is 4.73. The van der Waals surface area contributed by atoms with Crippen LogP contribution in [-0.2, 0) is 0 Å². The normalized spacial score (nSPS) is 23.4. The molecule has 104 valence electrons. The second kappa shape index (κ2) is 5.83. The summed E-state index contributed by atoms with van der Waals surface area (Å²) in [7, 11) is 0. The molecule has 2 rings (SSSR count). The highest BCUT2D eigenvalue weighted by Crippen LogP contribution is 2.37. The van der Waals surface area contributed by atoms with E-state index in [1.807, 2.05) is 4.90 Å². The fraction of sp³-hybridized carbons (Fsp3) is 0.583. The zero-order valence-electron chi connectivity index (χ0n) is 10.8. The fourth-order valence-electron chi connectivity index (χ4n) is 2.55. The van der Waals surface area contributed by atoms with E-state index in [1.165, 1.54) is 6.20 Å². The summed E-state index contributed by atoms with van der Waals surface area (Å²) in [4.78, 5) is 16.7. The van der Waals surface area contributed by atoms with Gasteiger partial charge in [0.2, 0.25) is 0 Å². The van der Waals surface area contributed by atoms with E-state index < -0.39 is 0 Å². The summed E-state index contributed by atoms with van der Waals surface area (Å²) < 4.78 is 0.659. The van der Waals surface area contributed by atoms with Gasteiger partial charge in [-0.3, -0.25) is 15.1 Å². The number of anilines is 1. The molecule has 0 spiro atoms. The van der Waals surface area contributed by atoms with Crippen LogP contribution in [0.1, 0.15) is 19.8 Å². The summed E-state index contributed by atoms with van der Waals surface area (Å²) >= 11 is 3.37. The van der Waals surface area contributed by atoms with Gasteiger partial charge >= 0.3 is 5.69 Å². The third kappa shape index (κ3) is 2.87. The van der Waals surface area contributed by atoms with Crippen molar-refractivity contribution in [1.82, 2.24) is 4.98 Å². The van der Waals surface area contributed by atoms with Gasteiger partial charge in [-0.05, 0) is 28.3 Å². The van der Waals surface area contributed by atoms with Gasteiger partial charge < -0.3 is 10.6 Å². The minimum absolute atomic E-state index is 0.0414. The first-order valence-electron chi connectivity index (χ1n) is 6.33. The van der Waals surface area contributed by atoms with E-state index in [9.17, 15) is 10.1 Å². The summed E-state index contributed by atoms with van der Waals surface area (Å²) in [5.41, 5.74) is 6.74. The van der Waals surface area contributed by atoms with Crippen molar-refractivity contribution in [3.05, 3.63) is 27.0 Å². The maximum absolute atomic E-state index is 11.1. The van der Waals surface area contributed by atoms with Crippen LogP contribution in [0.3, 0.4) is 0 Å². The molecule has 0 saturated carbocycles. The van der Waals surface area contributed by atoms with Gasteiger partial charge in [0.25, 0.3) is 0 Å². The van der Waals surface area contributed by atoms with Crippen LogP contribution in [0.4, 0.5) is 11.4 Å². The van der Waals surface area contributed by atoms with Crippen molar-refractivity contribution in [3.8, 4) is 0 Å². The minimum atomic E-state index is -0.386. The van der Waals surface area contributed by atoms with E-state index >= 15 is 0 Å². The fourth-order valence-corrected chi connectivity index (χ4v) is 3.12. The monoisotopic (exact) mass is 328 g/mol. The molecule has 1 aromatic rings. The number of nitro groups is 1. The van der Waals surface area contributed by atoms with Gasteiger partial charge in [-0.1, -0.05) is 13.3 Å². The van der Waals surface area contributed by atoms with Crippen LogP contribution in [0, 0.1) is 16.0 Å². The van der Waals surface area contributed by atoms with E-state index in [4.69, 9.17) is 5.73 Å². The van der Waals surface area contributed by atoms with E-state index in [1.54, 1.807) is 6.20 Å². The Morgan fingerprint density at radius 3 is 3.00 bits per heavy atom. The smallest absolute Gasteiger partial charge is 0.311 e. The first-order chi connectivity index (χ1) is 9.04. The van der Waals surface area contributed by atoms with Crippen molar-refractivity contribution >= 4 is 27.3 Å². The summed E-state index contributed by atoms with van der Waals surface area (Å²) in [6, 6.07) is 0.181. The molecule has 2 N–H and O–H groups in total. The van der Waals surface area contributed by atoms with Crippen molar-refractivity contribution in [2.24, 2.45) is 11.7 Å². The number of aromatic nitrogens is 1. The number of pyridine rings is 1. The number of piperidine rings is 1. The third-order valence-corrected chi connectivity index (χ3v) is 4.26. The molecule has 2 unspecified atom stereocenters. The Labute approximate surface area is 120 Å². The van der Waals surface area contributed by atoms with Gasteiger partial charge in [-0.2, -0.15) is 0 Å². The third-order valence-electron chi connectivity index (χ3n) is 3.68. The average Bonchev–Trinajstić information content (AvgIpc) is 2.39. The maximum atomic E-state index is 11.1. The Balaban J connectivity index is 2.34. The molecule has 1 aliphatic heterocycles. The summed E-state index contributed by atoms with van der Waals surface area (Å²) in [5, 5.41) is 11.1. The Morgan fingerprint density at radius 2 is 2.37 bits per heavy atom. The molecule has 1 aromatic heterocycles. The van der Waals surface area contributed by atoms with Crippen molar-refractivity contribution < 1.29 is 4.92 Å². The number of halogens is 1. The molecule has 0 bridgehead atoms. The molecular weight excluding hydrogens is 312 g/mol. The van der Waals surface area contributed by atoms with Crippen LogP contribution < -0.4 is 10.6 Å². The van der Waals surface area contributed by atoms with Crippen LogP contribution in [0.5, 0.6) is 0 Å². The first-order valence-corrected chi connectivity index (χ1v) is 7.12. The van der Waals surface area contributed by atoms with Gasteiger partial charge in [0, 0.05) is 25.3 Å². The predicted molar refractivity (Wildman–Crippen MR) is 77.2 cm³/mol. The summed E-state index contributed by atoms with van der Waals surface area (Å²) in [5.74, 6) is 0.369. The number of hydrogen-bond donors (Lipinski definition) is 1. The highest BCUT2D eigenvalue weighted by molar-refractivity contribution is 9.10. The van der Waals surface area contributed by atoms with Crippen molar-refractivity contribution in [2.75, 3.05) is 18.0 Å². The highest BCUT2D eigenvalue weighted by atomic mass is 79.9. The molecule has 0 amide bonds. The molecule has 0 aromatic carbocycles. The average molecular weight is 329 g/mol. The molecule has 0 radical (unpaired) electrons. The van der Waals surface area contributed by atoms with E-state index in [0.29, 0.717) is 16.1 Å². The topological polar surface area (TPSA) is 85.3 Å². The van der Waals surface area contributed by atoms with Gasteiger partial charge in [-0.15, -0.1) is 0 Å². The Kier molecular flexibility index (Phi) is 4.36. The Hall–Kier alpha value is -1.21. The van der Waals surface area contributed by atoms with E-state index in [-0.39, 0.29) is 16.7 Å². The molecule has 1 aliphatic rings. The SMILES string of the molecule is CCC1CN(c2c(Br)cncc2[N+](=O)[O-])CCC1N. The van der Waals surface area contributed by atoms with Crippen molar-refractivity contribution in [1.29, 1.82) is 0 Å². The minimum Gasteiger partial charge on any atom is -0.365 e. The molecule has 2 atom stereocenters. The first kappa shape index (κ1) is 14.2. The second-order valence-electron chi connectivity index (χ2n) is 4.81. The molecule has 1 fully saturated rings. The molecule has 0 aliphatic carbocycles. The Bertz CT molecular complexity index is 483. The molecule has 2 heterocycles. The van der Waals surface area contributed by atoms with Gasteiger partial charge in [-0.25, -0.2) is 0 Å². The van der Waals surface area contributed by atoms with Gasteiger partial charge in [0.15, 0.2) is 0 Å². The highest BCUT2D eigenvalue weighted by Gasteiger charge is 2.30. The van der Waals surface area contributed by atoms with Crippen LogP contribution in [0.15, 0.2) is 16.9 Å². The lowest BCUT2D eigenvalue weighted by molar-refractivity contribution is -0.384. The maximum Gasteiger partial charge on any atom is 0.311 e. The predicted octanol–water partition coefficient (Wildman–Crippen LogP) is 2.32. The zero-order valence-corrected chi connectivity index (χ0v) is 12.3. The quantitative estimate of drug-likeness (QED) is 0.679. The van der Waals surface area contributed by atoms with Crippen molar-refractivity contribution in [3.63, 3.8) is 0 Å². The standard InChI is InChI=1S/C12H17BrN4O2/c1-2-8-7-16(4-3-10(8)14)12-9(13)5-15-6-11(12)17(18)19/h5-6,8,10H,2-4,7,14H2,1H3. The molecular formula is C12H17BrN4O2. The van der Waals surface area contributed by atoms with Crippen LogP contribution in [0.2, 0.25) is 0 Å². The number of hydrogen-bond acceptors (Lipinski definition) is 5. The van der Waals surface area contributed by atoms with Crippen LogP contribution in [0.25, 0.3) is 0 Å². The largest absolute Gasteiger partial charge is 0.365 e. The molecule has 7 heteroatoms. The Morgan fingerprint density at radius 1 is 1.63 bits per heavy atom. The van der Waals surface area contributed by atoms with Crippen LogP contribution in [-0.4, -0.2) is 29.0 Å². The lowest BCUT2D eigenvalue weighted by Gasteiger charge is -2.37. The van der Waals surface area contributed by atoms with Gasteiger partial charge in [0.1, 0.15) is 11.9 Å². The molecule has 1 saturated heterocycles. The van der Waals surface area contributed by atoms with Crippen LogP contribution >= 0.6 is 15.9 Å². The molecule has 19 heavy (non-hydrogen) atoms.